The molecule has 3 aromatic rings. The highest BCUT2D eigenvalue weighted by Crippen LogP contribution is 2.26. The Labute approximate surface area is 180 Å². The highest BCUT2D eigenvalue weighted by Gasteiger charge is 2.15. The molecule has 1 heterocycles. The highest BCUT2D eigenvalue weighted by atomic mass is 32.2. The fourth-order valence-corrected chi connectivity index (χ4v) is 3.82. The summed E-state index contributed by atoms with van der Waals surface area (Å²) in [5, 5.41) is 9.18. The van der Waals surface area contributed by atoms with Gasteiger partial charge in [0, 0.05) is 18.5 Å². The van der Waals surface area contributed by atoms with Crippen molar-refractivity contribution in [3.8, 4) is 17.2 Å². The molecule has 1 aromatic heterocycles. The number of hydrogen-bond donors (Lipinski definition) is 0. The predicted molar refractivity (Wildman–Crippen MR) is 115 cm³/mol. The predicted octanol–water partition coefficient (Wildman–Crippen LogP) is 3.80. The van der Waals surface area contributed by atoms with Gasteiger partial charge in [0.1, 0.15) is 29.6 Å². The van der Waals surface area contributed by atoms with Gasteiger partial charge < -0.3 is 18.8 Å². The molecule has 0 N–H and O–H groups in total. The maximum absolute atomic E-state index is 12.6. The van der Waals surface area contributed by atoms with Gasteiger partial charge in [0.15, 0.2) is 11.0 Å². The van der Waals surface area contributed by atoms with Crippen LogP contribution < -0.4 is 14.2 Å². The van der Waals surface area contributed by atoms with Gasteiger partial charge in [0.25, 0.3) is 0 Å². The number of benzene rings is 2. The number of Topliss-reactive ketones (excluding diaryl/α,β-unsaturated/α-hetero) is 1. The number of carbonyl (C=O) groups is 1. The molecule has 158 valence electrons. The molecule has 0 aliphatic carbocycles. The quantitative estimate of drug-likeness (QED) is 0.431. The number of methoxy groups -OCH3 is 2. The fraction of sp³-hybridized carbons (Fsp3) is 0.318. The molecule has 0 aliphatic rings. The van der Waals surface area contributed by atoms with E-state index in [0.29, 0.717) is 29.8 Å². The number of aromatic nitrogens is 3. The lowest BCUT2D eigenvalue weighted by atomic mass is 10.1. The molecule has 0 atom stereocenters. The number of rotatable bonds is 11. The zero-order valence-electron chi connectivity index (χ0n) is 17.3. The molecule has 0 spiro atoms. The number of ether oxygens (including phenoxy) is 3. The Hall–Kier alpha value is -3.00. The van der Waals surface area contributed by atoms with Crippen molar-refractivity contribution < 1.29 is 19.0 Å². The molecule has 30 heavy (non-hydrogen) atoms. The summed E-state index contributed by atoms with van der Waals surface area (Å²) in [5.74, 6) is 3.23. The summed E-state index contributed by atoms with van der Waals surface area (Å²) in [5.41, 5.74) is 0.802. The van der Waals surface area contributed by atoms with Gasteiger partial charge in [-0.25, -0.2) is 0 Å². The molecule has 0 radical (unpaired) electrons. The van der Waals surface area contributed by atoms with E-state index in [1.807, 2.05) is 54.0 Å². The van der Waals surface area contributed by atoms with E-state index < -0.39 is 0 Å². The van der Waals surface area contributed by atoms with Gasteiger partial charge in [-0.2, -0.15) is 0 Å². The summed E-state index contributed by atoms with van der Waals surface area (Å²) in [6, 6.07) is 15.0. The maximum Gasteiger partial charge on any atom is 0.191 e. The summed E-state index contributed by atoms with van der Waals surface area (Å²) in [6.45, 7) is 3.03. The molecule has 8 heteroatoms. The molecular formula is C22H25N3O4S. The van der Waals surface area contributed by atoms with Crippen molar-refractivity contribution in [1.29, 1.82) is 0 Å². The number of carbonyl (C=O) groups excluding carboxylic acids is 1. The van der Waals surface area contributed by atoms with E-state index in [2.05, 4.69) is 10.2 Å². The van der Waals surface area contributed by atoms with Crippen LogP contribution >= 0.6 is 11.8 Å². The van der Waals surface area contributed by atoms with E-state index in [9.17, 15) is 4.79 Å². The van der Waals surface area contributed by atoms with Crippen LogP contribution in [0.3, 0.4) is 0 Å². The molecule has 0 unspecified atom stereocenters. The molecule has 0 bridgehead atoms. The lowest BCUT2D eigenvalue weighted by molar-refractivity contribution is -0.116. The molecule has 0 amide bonds. The lowest BCUT2D eigenvalue weighted by Crippen LogP contribution is -2.10. The van der Waals surface area contributed by atoms with Crippen LogP contribution in [-0.4, -0.2) is 40.5 Å². The average molecular weight is 428 g/mol. The monoisotopic (exact) mass is 427 g/mol. The topological polar surface area (TPSA) is 75.5 Å². The van der Waals surface area contributed by atoms with Gasteiger partial charge in [-0.05, 0) is 37.3 Å². The third kappa shape index (κ3) is 5.54. The van der Waals surface area contributed by atoms with Crippen molar-refractivity contribution in [2.75, 3.05) is 20.0 Å². The van der Waals surface area contributed by atoms with Gasteiger partial charge in [0.2, 0.25) is 0 Å². The normalized spacial score (nSPS) is 10.6. The summed E-state index contributed by atoms with van der Waals surface area (Å²) in [6.07, 6.45) is 0.262. The second-order valence-corrected chi connectivity index (χ2v) is 7.37. The minimum absolute atomic E-state index is 0.0688. The molecule has 0 aliphatic heterocycles. The van der Waals surface area contributed by atoms with Crippen LogP contribution in [-0.2, 0) is 24.4 Å². The lowest BCUT2D eigenvalue weighted by Gasteiger charge is -2.10. The number of ketones is 1. The molecule has 0 fully saturated rings. The molecule has 0 saturated heterocycles. The van der Waals surface area contributed by atoms with Crippen LogP contribution in [0.5, 0.6) is 17.2 Å². The third-order valence-electron chi connectivity index (χ3n) is 4.46. The number of nitrogens with zero attached hydrogens (tertiary/aromatic N) is 3. The second kappa shape index (κ2) is 10.7. The summed E-state index contributed by atoms with van der Waals surface area (Å²) in [4.78, 5) is 12.6. The zero-order chi connectivity index (χ0) is 21.3. The smallest absolute Gasteiger partial charge is 0.191 e. The molecule has 7 nitrogen and oxygen atoms in total. The molecule has 0 saturated carbocycles. The minimum Gasteiger partial charge on any atom is -0.497 e. The Morgan fingerprint density at radius 2 is 1.83 bits per heavy atom. The zero-order valence-corrected chi connectivity index (χ0v) is 18.1. The van der Waals surface area contributed by atoms with Crippen molar-refractivity contribution in [1.82, 2.24) is 14.8 Å². The van der Waals surface area contributed by atoms with E-state index >= 15 is 0 Å². The minimum atomic E-state index is 0.0688. The van der Waals surface area contributed by atoms with Crippen LogP contribution in [0.1, 0.15) is 18.3 Å². The van der Waals surface area contributed by atoms with Crippen LogP contribution in [0, 0.1) is 0 Å². The van der Waals surface area contributed by atoms with Crippen molar-refractivity contribution in [3.05, 3.63) is 59.9 Å². The van der Waals surface area contributed by atoms with Crippen LogP contribution in [0.2, 0.25) is 0 Å². The first-order chi connectivity index (χ1) is 14.6. The Bertz CT molecular complexity index is 976. The first kappa shape index (κ1) is 21.7. The first-order valence-electron chi connectivity index (χ1n) is 9.60. The number of para-hydroxylation sites is 1. The van der Waals surface area contributed by atoms with Gasteiger partial charge in [-0.15, -0.1) is 10.2 Å². The Balaban J connectivity index is 1.60. The van der Waals surface area contributed by atoms with E-state index in [0.717, 1.165) is 17.1 Å². The van der Waals surface area contributed by atoms with Crippen LogP contribution in [0.25, 0.3) is 0 Å². The Morgan fingerprint density at radius 3 is 2.53 bits per heavy atom. The van der Waals surface area contributed by atoms with E-state index in [-0.39, 0.29) is 18.0 Å². The van der Waals surface area contributed by atoms with Gasteiger partial charge in [-0.3, -0.25) is 4.79 Å². The summed E-state index contributed by atoms with van der Waals surface area (Å²) in [7, 11) is 3.19. The van der Waals surface area contributed by atoms with E-state index in [1.165, 1.54) is 11.8 Å². The van der Waals surface area contributed by atoms with Crippen molar-refractivity contribution in [2.24, 2.45) is 0 Å². The van der Waals surface area contributed by atoms with Gasteiger partial charge in [0.05, 0.1) is 20.0 Å². The highest BCUT2D eigenvalue weighted by molar-refractivity contribution is 7.99. The summed E-state index contributed by atoms with van der Waals surface area (Å²) < 4.78 is 18.3. The summed E-state index contributed by atoms with van der Waals surface area (Å²) >= 11 is 1.38. The van der Waals surface area contributed by atoms with Gasteiger partial charge in [-0.1, -0.05) is 30.0 Å². The SMILES string of the molecule is CCn1c(COc2ccccc2)nnc1SCC(=O)Cc1cc(OC)ccc1OC. The van der Waals surface area contributed by atoms with Crippen LogP contribution in [0.4, 0.5) is 0 Å². The Morgan fingerprint density at radius 1 is 1.03 bits per heavy atom. The standard InChI is InChI=1S/C22H25N3O4S/c1-4-25-21(14-29-18-8-6-5-7-9-18)23-24-22(25)30-15-17(26)12-16-13-19(27-2)10-11-20(16)28-3/h5-11,13H,4,12,14-15H2,1-3H3. The number of thioether (sulfide) groups is 1. The van der Waals surface area contributed by atoms with Crippen molar-refractivity contribution in [3.63, 3.8) is 0 Å². The molecular weight excluding hydrogens is 402 g/mol. The molecule has 2 aromatic carbocycles. The maximum atomic E-state index is 12.6. The third-order valence-corrected chi connectivity index (χ3v) is 5.48. The average Bonchev–Trinajstić information content (AvgIpc) is 3.18. The first-order valence-corrected chi connectivity index (χ1v) is 10.6. The fourth-order valence-electron chi connectivity index (χ4n) is 2.94. The van der Waals surface area contributed by atoms with Crippen molar-refractivity contribution in [2.45, 2.75) is 31.7 Å². The second-order valence-electron chi connectivity index (χ2n) is 6.43. The van der Waals surface area contributed by atoms with E-state index in [1.54, 1.807) is 20.3 Å². The Kier molecular flexibility index (Phi) is 7.73. The largest absolute Gasteiger partial charge is 0.497 e. The van der Waals surface area contributed by atoms with Gasteiger partial charge >= 0.3 is 0 Å². The van der Waals surface area contributed by atoms with Crippen molar-refractivity contribution >= 4 is 17.5 Å². The van der Waals surface area contributed by atoms with E-state index in [4.69, 9.17) is 14.2 Å². The van der Waals surface area contributed by atoms with Crippen LogP contribution in [0.15, 0.2) is 53.7 Å². The molecule has 3 rings (SSSR count). The number of hydrogen-bond acceptors (Lipinski definition) is 7.